The molecule has 0 spiro atoms. The maximum atomic E-state index is 6.53. The minimum atomic E-state index is 0.636. The predicted octanol–water partition coefficient (Wildman–Crippen LogP) is 14.1. The molecule has 3 heterocycles. The van der Waals surface area contributed by atoms with Crippen molar-refractivity contribution in [2.75, 3.05) is 0 Å². The molecule has 11 rings (SSSR count). The summed E-state index contributed by atoms with van der Waals surface area (Å²) < 4.78 is 8.91. The lowest BCUT2D eigenvalue weighted by molar-refractivity contribution is 0.669. The Morgan fingerprint density at radius 1 is 0.339 bits per heavy atom. The van der Waals surface area contributed by atoms with Gasteiger partial charge < -0.3 is 4.42 Å². The highest BCUT2D eigenvalue weighted by Crippen LogP contribution is 2.46. The van der Waals surface area contributed by atoms with E-state index in [4.69, 9.17) is 19.4 Å². The SMILES string of the molecule is c1ccc(-c2cccc(-c3nc(-c4ccccc4)nc(-c4cccc5sc6c(-c7cc(-c8ccccc8)c8c(c7)oc7ccccc78)cccc6c45)n3)c2)cc1. The standard InChI is InChI=1S/C51H31N3OS/c1-4-15-32(16-5-1)35-21-12-22-36(29-35)50-52-49(34-19-8-3-9-20-34)53-51(54-50)41-26-14-28-45-47(41)40-25-13-24-38(48(40)56-45)37-30-42(33-17-6-2-7-18-33)46-39-23-10-11-27-43(39)55-44(46)31-37/h1-31H. The minimum Gasteiger partial charge on any atom is -0.456 e. The monoisotopic (exact) mass is 733 g/mol. The van der Waals surface area contributed by atoms with Gasteiger partial charge in [-0.3, -0.25) is 0 Å². The van der Waals surface area contributed by atoms with E-state index in [-0.39, 0.29) is 0 Å². The number of aromatic nitrogens is 3. The van der Waals surface area contributed by atoms with Crippen molar-refractivity contribution in [3.63, 3.8) is 0 Å². The quantitative estimate of drug-likeness (QED) is 0.171. The van der Waals surface area contributed by atoms with Gasteiger partial charge in [-0.2, -0.15) is 0 Å². The maximum absolute atomic E-state index is 6.53. The topological polar surface area (TPSA) is 51.8 Å². The van der Waals surface area contributed by atoms with E-state index in [1.807, 2.05) is 36.4 Å². The van der Waals surface area contributed by atoms with Crippen molar-refractivity contribution >= 4 is 53.4 Å². The molecule has 0 bridgehead atoms. The molecule has 0 N–H and O–H groups in total. The molecule has 262 valence electrons. The van der Waals surface area contributed by atoms with Crippen LogP contribution in [0.1, 0.15) is 0 Å². The number of para-hydroxylation sites is 1. The predicted molar refractivity (Wildman–Crippen MR) is 233 cm³/mol. The Labute approximate surface area is 327 Å². The lowest BCUT2D eigenvalue weighted by Gasteiger charge is -2.11. The van der Waals surface area contributed by atoms with Gasteiger partial charge in [0.1, 0.15) is 11.2 Å². The molecule has 0 fully saturated rings. The van der Waals surface area contributed by atoms with Crippen LogP contribution in [-0.4, -0.2) is 15.0 Å². The zero-order chi connectivity index (χ0) is 37.0. The molecule has 0 saturated carbocycles. The normalized spacial score (nSPS) is 11.6. The molecule has 56 heavy (non-hydrogen) atoms. The molecular formula is C51H31N3OS. The van der Waals surface area contributed by atoms with Crippen molar-refractivity contribution in [1.29, 1.82) is 0 Å². The molecule has 3 aromatic heterocycles. The summed E-state index contributed by atoms with van der Waals surface area (Å²) in [6.07, 6.45) is 0. The van der Waals surface area contributed by atoms with Crippen molar-refractivity contribution in [3.8, 4) is 67.5 Å². The summed E-state index contributed by atoms with van der Waals surface area (Å²) in [5, 5.41) is 4.56. The zero-order valence-corrected chi connectivity index (χ0v) is 30.9. The number of rotatable bonds is 6. The first-order valence-corrected chi connectivity index (χ1v) is 19.5. The summed E-state index contributed by atoms with van der Waals surface area (Å²) in [6.45, 7) is 0. The average molecular weight is 734 g/mol. The van der Waals surface area contributed by atoms with E-state index in [0.717, 1.165) is 77.4 Å². The zero-order valence-electron chi connectivity index (χ0n) is 30.1. The Kier molecular flexibility index (Phi) is 7.64. The van der Waals surface area contributed by atoms with Crippen LogP contribution in [0.25, 0.3) is 110 Å². The first-order valence-electron chi connectivity index (χ1n) is 18.7. The highest BCUT2D eigenvalue weighted by Gasteiger charge is 2.20. The van der Waals surface area contributed by atoms with Gasteiger partial charge in [0, 0.05) is 47.6 Å². The molecule has 0 amide bonds. The number of benzene rings is 8. The molecule has 0 aliphatic carbocycles. The second-order valence-corrected chi connectivity index (χ2v) is 15.0. The van der Waals surface area contributed by atoms with E-state index >= 15 is 0 Å². The van der Waals surface area contributed by atoms with Crippen LogP contribution in [-0.2, 0) is 0 Å². The molecule has 0 radical (unpaired) electrons. The van der Waals surface area contributed by atoms with Gasteiger partial charge in [-0.1, -0.05) is 158 Å². The van der Waals surface area contributed by atoms with Gasteiger partial charge in [0.05, 0.1) is 0 Å². The number of thiophene rings is 1. The van der Waals surface area contributed by atoms with Crippen molar-refractivity contribution < 1.29 is 4.42 Å². The first kappa shape index (κ1) is 32.2. The van der Waals surface area contributed by atoms with E-state index in [0.29, 0.717) is 17.5 Å². The molecule has 11 aromatic rings. The first-order chi connectivity index (χ1) is 27.7. The summed E-state index contributed by atoms with van der Waals surface area (Å²) in [4.78, 5) is 15.5. The van der Waals surface area contributed by atoms with Crippen molar-refractivity contribution in [2.45, 2.75) is 0 Å². The van der Waals surface area contributed by atoms with Gasteiger partial charge in [-0.25, -0.2) is 15.0 Å². The Bertz CT molecular complexity index is 3240. The Morgan fingerprint density at radius 2 is 0.929 bits per heavy atom. The van der Waals surface area contributed by atoms with Gasteiger partial charge >= 0.3 is 0 Å². The summed E-state index contributed by atoms with van der Waals surface area (Å²) in [6, 6.07) is 65.6. The number of furan rings is 1. The second-order valence-electron chi connectivity index (χ2n) is 13.9. The third kappa shape index (κ3) is 5.48. The van der Waals surface area contributed by atoms with E-state index < -0.39 is 0 Å². The molecule has 0 aliphatic heterocycles. The third-order valence-corrected chi connectivity index (χ3v) is 11.7. The average Bonchev–Trinajstić information content (AvgIpc) is 3.86. The van der Waals surface area contributed by atoms with E-state index in [9.17, 15) is 0 Å². The molecule has 0 saturated heterocycles. The van der Waals surface area contributed by atoms with E-state index in [1.165, 1.54) is 14.8 Å². The largest absolute Gasteiger partial charge is 0.456 e. The van der Waals surface area contributed by atoms with Crippen LogP contribution in [0.15, 0.2) is 192 Å². The molecular weight excluding hydrogens is 703 g/mol. The van der Waals surface area contributed by atoms with Crippen LogP contribution in [0.2, 0.25) is 0 Å². The van der Waals surface area contributed by atoms with Crippen LogP contribution in [0.5, 0.6) is 0 Å². The fourth-order valence-corrected chi connectivity index (χ4v) is 9.19. The van der Waals surface area contributed by atoms with E-state index in [2.05, 4.69) is 152 Å². The molecule has 0 aliphatic rings. The fourth-order valence-electron chi connectivity index (χ4n) is 7.93. The lowest BCUT2D eigenvalue weighted by atomic mass is 9.93. The fraction of sp³-hybridized carbons (Fsp3) is 0. The number of hydrogen-bond acceptors (Lipinski definition) is 5. The van der Waals surface area contributed by atoms with Crippen LogP contribution < -0.4 is 0 Å². The molecule has 5 heteroatoms. The van der Waals surface area contributed by atoms with E-state index in [1.54, 1.807) is 11.3 Å². The van der Waals surface area contributed by atoms with Gasteiger partial charge in [0.2, 0.25) is 0 Å². The Balaban J connectivity index is 1.12. The molecule has 4 nitrogen and oxygen atoms in total. The summed E-state index contributed by atoms with van der Waals surface area (Å²) in [5.41, 5.74) is 11.5. The Hall–Kier alpha value is -7.21. The molecule has 0 atom stereocenters. The van der Waals surface area contributed by atoms with Gasteiger partial charge in [0.15, 0.2) is 17.5 Å². The van der Waals surface area contributed by atoms with Gasteiger partial charge in [0.25, 0.3) is 0 Å². The second kappa shape index (κ2) is 13.3. The van der Waals surface area contributed by atoms with Crippen molar-refractivity contribution in [2.24, 2.45) is 0 Å². The van der Waals surface area contributed by atoms with Crippen molar-refractivity contribution in [3.05, 3.63) is 188 Å². The van der Waals surface area contributed by atoms with Crippen LogP contribution >= 0.6 is 11.3 Å². The highest BCUT2D eigenvalue weighted by molar-refractivity contribution is 7.26. The van der Waals surface area contributed by atoms with Crippen LogP contribution in [0, 0.1) is 0 Å². The maximum Gasteiger partial charge on any atom is 0.164 e. The third-order valence-electron chi connectivity index (χ3n) is 10.5. The minimum absolute atomic E-state index is 0.636. The summed E-state index contributed by atoms with van der Waals surface area (Å²) in [5.74, 6) is 1.92. The van der Waals surface area contributed by atoms with Gasteiger partial charge in [-0.05, 0) is 63.7 Å². The van der Waals surface area contributed by atoms with Crippen LogP contribution in [0.3, 0.4) is 0 Å². The number of nitrogens with zero attached hydrogens (tertiary/aromatic N) is 3. The number of hydrogen-bond donors (Lipinski definition) is 0. The number of fused-ring (bicyclic) bond motifs is 6. The lowest BCUT2D eigenvalue weighted by Crippen LogP contribution is -2.00. The van der Waals surface area contributed by atoms with Gasteiger partial charge in [-0.15, -0.1) is 11.3 Å². The Morgan fingerprint density at radius 3 is 1.73 bits per heavy atom. The van der Waals surface area contributed by atoms with Crippen molar-refractivity contribution in [1.82, 2.24) is 15.0 Å². The smallest absolute Gasteiger partial charge is 0.164 e. The highest BCUT2D eigenvalue weighted by atomic mass is 32.1. The molecule has 8 aromatic carbocycles. The van der Waals surface area contributed by atoms with Crippen LogP contribution in [0.4, 0.5) is 0 Å². The summed E-state index contributed by atoms with van der Waals surface area (Å²) in [7, 11) is 0. The summed E-state index contributed by atoms with van der Waals surface area (Å²) >= 11 is 1.80. The molecule has 0 unspecified atom stereocenters.